The summed E-state index contributed by atoms with van der Waals surface area (Å²) in [6.07, 6.45) is 5.43. The SMILES string of the molecule is CC(C)(C)n1cc(C(=O)N2CCCCC2C(=O)O)cn1. The van der Waals surface area contributed by atoms with E-state index in [1.807, 2.05) is 20.8 Å². The van der Waals surface area contributed by atoms with Crippen LogP contribution < -0.4 is 0 Å². The molecular weight excluding hydrogens is 258 g/mol. The standard InChI is InChI=1S/C14H21N3O3/c1-14(2,3)17-9-10(8-15-17)12(18)16-7-5-4-6-11(16)13(19)20/h8-9,11H,4-7H2,1-3H3,(H,19,20). The summed E-state index contributed by atoms with van der Waals surface area (Å²) in [4.78, 5) is 25.2. The van der Waals surface area contributed by atoms with E-state index in [0.717, 1.165) is 12.8 Å². The summed E-state index contributed by atoms with van der Waals surface area (Å²) in [6.45, 7) is 6.48. The monoisotopic (exact) mass is 279 g/mol. The number of carboxylic acid groups (broad SMARTS) is 1. The van der Waals surface area contributed by atoms with Crippen molar-refractivity contribution < 1.29 is 14.7 Å². The lowest BCUT2D eigenvalue weighted by Gasteiger charge is -2.32. The molecule has 0 aliphatic carbocycles. The van der Waals surface area contributed by atoms with E-state index in [1.165, 1.54) is 11.1 Å². The van der Waals surface area contributed by atoms with E-state index in [-0.39, 0.29) is 11.4 Å². The van der Waals surface area contributed by atoms with E-state index < -0.39 is 12.0 Å². The van der Waals surface area contributed by atoms with Gasteiger partial charge in [0, 0.05) is 12.7 Å². The third-order valence-corrected chi connectivity index (χ3v) is 3.57. The third-order valence-electron chi connectivity index (χ3n) is 3.57. The molecule has 1 aliphatic rings. The van der Waals surface area contributed by atoms with Crippen LogP contribution in [-0.2, 0) is 10.3 Å². The molecule has 1 saturated heterocycles. The molecule has 6 heteroatoms. The average molecular weight is 279 g/mol. The minimum Gasteiger partial charge on any atom is -0.480 e. The number of piperidine rings is 1. The molecule has 2 heterocycles. The summed E-state index contributed by atoms with van der Waals surface area (Å²) in [5.74, 6) is -1.17. The van der Waals surface area contributed by atoms with Gasteiger partial charge in [0.25, 0.3) is 5.91 Å². The molecular formula is C14H21N3O3. The van der Waals surface area contributed by atoms with Gasteiger partial charge in [0.05, 0.1) is 17.3 Å². The maximum absolute atomic E-state index is 12.5. The van der Waals surface area contributed by atoms with Crippen molar-refractivity contribution in [1.29, 1.82) is 0 Å². The highest BCUT2D eigenvalue weighted by atomic mass is 16.4. The normalized spacial score (nSPS) is 19.9. The molecule has 0 aromatic carbocycles. The fraction of sp³-hybridized carbons (Fsp3) is 0.643. The fourth-order valence-electron chi connectivity index (χ4n) is 2.40. The van der Waals surface area contributed by atoms with Gasteiger partial charge >= 0.3 is 5.97 Å². The number of likely N-dealkylation sites (tertiary alicyclic amines) is 1. The molecule has 0 radical (unpaired) electrons. The van der Waals surface area contributed by atoms with Crippen molar-refractivity contribution in [3.8, 4) is 0 Å². The number of carbonyl (C=O) groups is 2. The van der Waals surface area contributed by atoms with E-state index in [2.05, 4.69) is 5.10 Å². The number of aromatic nitrogens is 2. The molecule has 1 aromatic rings. The molecule has 1 aromatic heterocycles. The van der Waals surface area contributed by atoms with Gasteiger partial charge in [0.1, 0.15) is 6.04 Å². The van der Waals surface area contributed by atoms with Crippen LogP contribution in [0.5, 0.6) is 0 Å². The van der Waals surface area contributed by atoms with E-state index in [0.29, 0.717) is 18.5 Å². The van der Waals surface area contributed by atoms with Crippen LogP contribution in [0.2, 0.25) is 0 Å². The van der Waals surface area contributed by atoms with Crippen molar-refractivity contribution in [3.63, 3.8) is 0 Å². The highest BCUT2D eigenvalue weighted by Crippen LogP contribution is 2.21. The first-order chi connectivity index (χ1) is 9.30. The molecule has 0 saturated carbocycles. The zero-order chi connectivity index (χ0) is 14.9. The van der Waals surface area contributed by atoms with Crippen LogP contribution in [0.3, 0.4) is 0 Å². The minimum atomic E-state index is -0.929. The Bertz CT molecular complexity index is 516. The van der Waals surface area contributed by atoms with Gasteiger partial charge in [0.15, 0.2) is 0 Å². The number of hydrogen-bond acceptors (Lipinski definition) is 3. The first-order valence-corrected chi connectivity index (χ1v) is 6.89. The summed E-state index contributed by atoms with van der Waals surface area (Å²) in [7, 11) is 0. The zero-order valence-corrected chi connectivity index (χ0v) is 12.2. The summed E-state index contributed by atoms with van der Waals surface area (Å²) < 4.78 is 1.72. The smallest absolute Gasteiger partial charge is 0.326 e. The highest BCUT2D eigenvalue weighted by molar-refractivity contribution is 5.96. The molecule has 110 valence electrons. The largest absolute Gasteiger partial charge is 0.480 e. The molecule has 1 amide bonds. The van der Waals surface area contributed by atoms with Gasteiger partial charge in [0.2, 0.25) is 0 Å². The second-order valence-electron chi connectivity index (χ2n) is 6.19. The zero-order valence-electron chi connectivity index (χ0n) is 12.2. The van der Waals surface area contributed by atoms with Crippen LogP contribution in [0, 0.1) is 0 Å². The Kier molecular flexibility index (Phi) is 3.83. The number of carboxylic acids is 1. The number of hydrogen-bond donors (Lipinski definition) is 1. The van der Waals surface area contributed by atoms with Crippen molar-refractivity contribution >= 4 is 11.9 Å². The van der Waals surface area contributed by atoms with E-state index >= 15 is 0 Å². The van der Waals surface area contributed by atoms with E-state index in [1.54, 1.807) is 10.9 Å². The predicted molar refractivity (Wildman–Crippen MR) is 73.5 cm³/mol. The van der Waals surface area contributed by atoms with Crippen molar-refractivity contribution in [1.82, 2.24) is 14.7 Å². The molecule has 0 bridgehead atoms. The summed E-state index contributed by atoms with van der Waals surface area (Å²) in [5.41, 5.74) is 0.250. The molecule has 6 nitrogen and oxygen atoms in total. The molecule has 20 heavy (non-hydrogen) atoms. The van der Waals surface area contributed by atoms with Gasteiger partial charge in [-0.2, -0.15) is 5.10 Å². The lowest BCUT2D eigenvalue weighted by atomic mass is 10.0. The Morgan fingerprint density at radius 2 is 2.05 bits per heavy atom. The average Bonchev–Trinajstić information content (AvgIpc) is 2.87. The maximum Gasteiger partial charge on any atom is 0.326 e. The van der Waals surface area contributed by atoms with Crippen LogP contribution in [0.4, 0.5) is 0 Å². The van der Waals surface area contributed by atoms with Gasteiger partial charge in [-0.15, -0.1) is 0 Å². The van der Waals surface area contributed by atoms with Crippen LogP contribution in [0.15, 0.2) is 12.4 Å². The molecule has 1 fully saturated rings. The molecule has 2 rings (SSSR count). The Morgan fingerprint density at radius 3 is 2.60 bits per heavy atom. The second kappa shape index (κ2) is 5.26. The van der Waals surface area contributed by atoms with Gasteiger partial charge in [-0.3, -0.25) is 9.48 Å². The Hall–Kier alpha value is -1.85. The summed E-state index contributed by atoms with van der Waals surface area (Å²) in [6, 6.07) is -0.714. The van der Waals surface area contributed by atoms with E-state index in [4.69, 9.17) is 0 Å². The number of amides is 1. The molecule has 1 aliphatic heterocycles. The topological polar surface area (TPSA) is 75.4 Å². The van der Waals surface area contributed by atoms with Crippen LogP contribution in [-0.4, -0.2) is 44.3 Å². The minimum absolute atomic E-state index is 0.202. The lowest BCUT2D eigenvalue weighted by molar-refractivity contribution is -0.143. The fourth-order valence-corrected chi connectivity index (χ4v) is 2.40. The lowest BCUT2D eigenvalue weighted by Crippen LogP contribution is -2.47. The molecule has 1 atom stereocenters. The van der Waals surface area contributed by atoms with E-state index in [9.17, 15) is 14.7 Å². The number of carbonyl (C=O) groups excluding carboxylic acids is 1. The van der Waals surface area contributed by atoms with Crippen LogP contribution >= 0.6 is 0 Å². The van der Waals surface area contributed by atoms with Crippen molar-refractivity contribution in [2.24, 2.45) is 0 Å². The second-order valence-corrected chi connectivity index (χ2v) is 6.19. The number of rotatable bonds is 2. The molecule has 0 spiro atoms. The van der Waals surface area contributed by atoms with Gasteiger partial charge in [-0.25, -0.2) is 4.79 Å². The Labute approximate surface area is 118 Å². The van der Waals surface area contributed by atoms with Crippen LogP contribution in [0.1, 0.15) is 50.4 Å². The predicted octanol–water partition coefficient (Wildman–Crippen LogP) is 1.72. The van der Waals surface area contributed by atoms with Gasteiger partial charge in [-0.1, -0.05) is 0 Å². The Morgan fingerprint density at radius 1 is 1.35 bits per heavy atom. The van der Waals surface area contributed by atoms with Gasteiger partial charge in [-0.05, 0) is 40.0 Å². The summed E-state index contributed by atoms with van der Waals surface area (Å²) >= 11 is 0. The maximum atomic E-state index is 12.5. The van der Waals surface area contributed by atoms with Gasteiger partial charge < -0.3 is 10.0 Å². The first kappa shape index (κ1) is 14.6. The quantitative estimate of drug-likeness (QED) is 0.894. The summed E-state index contributed by atoms with van der Waals surface area (Å²) in [5, 5.41) is 13.4. The van der Waals surface area contributed by atoms with Crippen molar-refractivity contribution in [2.45, 2.75) is 51.6 Å². The van der Waals surface area contributed by atoms with Crippen molar-refractivity contribution in [2.75, 3.05) is 6.54 Å². The first-order valence-electron chi connectivity index (χ1n) is 6.89. The molecule has 1 unspecified atom stereocenters. The Balaban J connectivity index is 2.21. The number of nitrogens with zero attached hydrogens (tertiary/aromatic N) is 3. The third kappa shape index (κ3) is 2.84. The molecule has 1 N–H and O–H groups in total. The number of aliphatic carboxylic acids is 1. The van der Waals surface area contributed by atoms with Crippen LogP contribution in [0.25, 0.3) is 0 Å². The highest BCUT2D eigenvalue weighted by Gasteiger charge is 2.33. The van der Waals surface area contributed by atoms with Crippen molar-refractivity contribution in [3.05, 3.63) is 18.0 Å².